The molecule has 3 N–H and O–H groups in total. The summed E-state index contributed by atoms with van der Waals surface area (Å²) in [5, 5.41) is 15.1. The van der Waals surface area contributed by atoms with Gasteiger partial charge in [-0.3, -0.25) is 0 Å². The van der Waals surface area contributed by atoms with E-state index in [0.29, 0.717) is 11.4 Å². The molecule has 2 rings (SSSR count). The Morgan fingerprint density at radius 1 is 1.40 bits per heavy atom. The number of benzene rings is 1. The van der Waals surface area contributed by atoms with Gasteiger partial charge in [0.05, 0.1) is 12.8 Å². The number of anilines is 1. The van der Waals surface area contributed by atoms with Gasteiger partial charge in [0.2, 0.25) is 0 Å². The lowest BCUT2D eigenvalue weighted by atomic mass is 10.0. The van der Waals surface area contributed by atoms with Crippen molar-refractivity contribution in [2.45, 2.75) is 12.5 Å². The minimum absolute atomic E-state index is 0.0400. The fraction of sp³-hybridized carbons (Fsp3) is 0.214. The van der Waals surface area contributed by atoms with Gasteiger partial charge in [-0.1, -0.05) is 6.07 Å². The van der Waals surface area contributed by atoms with Crippen molar-refractivity contribution in [3.05, 3.63) is 54.2 Å². The number of furan rings is 1. The molecule has 0 aliphatic heterocycles. The first-order valence-corrected chi connectivity index (χ1v) is 6.04. The third kappa shape index (κ3) is 3.58. The minimum Gasteiger partial charge on any atom is -0.466 e. The Morgan fingerprint density at radius 2 is 2.20 bits per heavy atom. The van der Waals surface area contributed by atoms with Crippen molar-refractivity contribution in [3.8, 4) is 0 Å². The van der Waals surface area contributed by atoms with E-state index in [4.69, 9.17) is 4.42 Å². The van der Waals surface area contributed by atoms with Gasteiger partial charge < -0.3 is 20.2 Å². The maximum absolute atomic E-state index is 13.0. The summed E-state index contributed by atoms with van der Waals surface area (Å²) < 4.78 is 18.0. The molecule has 0 aliphatic rings. The lowest BCUT2D eigenvalue weighted by Crippen LogP contribution is -2.40. The Hall–Kier alpha value is -2.34. The van der Waals surface area contributed by atoms with Gasteiger partial charge in [0.1, 0.15) is 17.2 Å². The molecule has 2 aromatic rings. The van der Waals surface area contributed by atoms with E-state index in [1.54, 1.807) is 18.2 Å². The zero-order valence-electron chi connectivity index (χ0n) is 10.9. The van der Waals surface area contributed by atoms with Crippen molar-refractivity contribution in [2.24, 2.45) is 0 Å². The second-order valence-corrected chi connectivity index (χ2v) is 4.57. The van der Waals surface area contributed by atoms with Crippen molar-refractivity contribution in [3.63, 3.8) is 0 Å². The molecule has 1 atom stereocenters. The summed E-state index contributed by atoms with van der Waals surface area (Å²) in [6.45, 7) is 1.48. The number of amides is 2. The predicted molar refractivity (Wildman–Crippen MR) is 71.7 cm³/mol. The van der Waals surface area contributed by atoms with E-state index in [1.165, 1.54) is 31.4 Å². The highest BCUT2D eigenvalue weighted by Gasteiger charge is 2.26. The van der Waals surface area contributed by atoms with Crippen molar-refractivity contribution < 1.29 is 18.7 Å². The van der Waals surface area contributed by atoms with Crippen molar-refractivity contribution >= 4 is 11.7 Å². The number of halogens is 1. The summed E-state index contributed by atoms with van der Waals surface area (Å²) in [6, 6.07) is 8.26. The quantitative estimate of drug-likeness (QED) is 0.804. The largest absolute Gasteiger partial charge is 0.466 e. The Kier molecular flexibility index (Phi) is 4.05. The maximum atomic E-state index is 13.0. The summed E-state index contributed by atoms with van der Waals surface area (Å²) in [5.74, 6) is -0.0889. The van der Waals surface area contributed by atoms with Gasteiger partial charge in [0, 0.05) is 5.69 Å². The molecular formula is C14H15FN2O3. The minimum atomic E-state index is -1.32. The molecule has 1 heterocycles. The molecule has 1 aromatic carbocycles. The first-order chi connectivity index (χ1) is 9.47. The number of hydrogen-bond acceptors (Lipinski definition) is 3. The van der Waals surface area contributed by atoms with Crippen LogP contribution in [0.5, 0.6) is 0 Å². The van der Waals surface area contributed by atoms with Crippen LogP contribution >= 0.6 is 0 Å². The number of hydrogen-bond donors (Lipinski definition) is 3. The fourth-order valence-corrected chi connectivity index (χ4v) is 1.67. The summed E-state index contributed by atoms with van der Waals surface area (Å²) in [4.78, 5) is 11.7. The average molecular weight is 278 g/mol. The molecule has 5 nitrogen and oxygen atoms in total. The standard InChI is InChI=1S/C14H15FN2O3/c1-14(19,12-6-3-7-20-12)9-16-13(18)17-11-5-2-4-10(15)8-11/h2-8,19H,9H2,1H3,(H2,16,17,18). The van der Waals surface area contributed by atoms with E-state index in [0.717, 1.165) is 0 Å². The van der Waals surface area contributed by atoms with E-state index >= 15 is 0 Å². The Bertz CT molecular complexity index is 582. The zero-order valence-corrected chi connectivity index (χ0v) is 10.9. The van der Waals surface area contributed by atoms with Crippen LogP contribution in [-0.2, 0) is 5.60 Å². The van der Waals surface area contributed by atoms with Crippen LogP contribution in [0.25, 0.3) is 0 Å². The van der Waals surface area contributed by atoms with Crippen LogP contribution in [0.3, 0.4) is 0 Å². The second kappa shape index (κ2) is 5.75. The predicted octanol–water partition coefficient (Wildman–Crippen LogP) is 2.45. The molecule has 1 unspecified atom stereocenters. The Balaban J connectivity index is 1.89. The molecule has 0 saturated carbocycles. The van der Waals surface area contributed by atoms with Crippen LogP contribution in [0.1, 0.15) is 12.7 Å². The Morgan fingerprint density at radius 3 is 2.85 bits per heavy atom. The van der Waals surface area contributed by atoms with Crippen molar-refractivity contribution in [1.29, 1.82) is 0 Å². The molecule has 106 valence electrons. The lowest BCUT2D eigenvalue weighted by molar-refractivity contribution is 0.0372. The first-order valence-electron chi connectivity index (χ1n) is 6.04. The van der Waals surface area contributed by atoms with Gasteiger partial charge in [-0.25, -0.2) is 9.18 Å². The summed E-state index contributed by atoms with van der Waals surface area (Å²) >= 11 is 0. The SMILES string of the molecule is CC(O)(CNC(=O)Nc1cccc(F)c1)c1ccco1. The summed E-state index contributed by atoms with van der Waals surface area (Å²) in [6.07, 6.45) is 1.44. The molecule has 0 fully saturated rings. The van der Waals surface area contributed by atoms with Crippen LogP contribution in [0.15, 0.2) is 47.1 Å². The van der Waals surface area contributed by atoms with Crippen LogP contribution in [0.4, 0.5) is 14.9 Å². The van der Waals surface area contributed by atoms with Gasteiger partial charge >= 0.3 is 6.03 Å². The molecule has 1 aromatic heterocycles. The molecule has 2 amide bonds. The number of urea groups is 1. The van der Waals surface area contributed by atoms with Crippen molar-refractivity contribution in [1.82, 2.24) is 5.32 Å². The van der Waals surface area contributed by atoms with Gasteiger partial charge in [-0.05, 0) is 37.3 Å². The number of carbonyl (C=O) groups is 1. The topological polar surface area (TPSA) is 74.5 Å². The molecule has 0 aliphatic carbocycles. The molecule has 0 saturated heterocycles. The number of nitrogens with one attached hydrogen (secondary N) is 2. The number of rotatable bonds is 4. The summed E-state index contributed by atoms with van der Waals surface area (Å²) in [7, 11) is 0. The monoisotopic (exact) mass is 278 g/mol. The third-order valence-corrected chi connectivity index (χ3v) is 2.73. The van der Waals surface area contributed by atoms with Crippen LogP contribution in [0.2, 0.25) is 0 Å². The van der Waals surface area contributed by atoms with Gasteiger partial charge in [-0.2, -0.15) is 0 Å². The highest BCUT2D eigenvalue weighted by Crippen LogP contribution is 2.19. The number of aliphatic hydroxyl groups is 1. The molecular weight excluding hydrogens is 263 g/mol. The summed E-state index contributed by atoms with van der Waals surface area (Å²) in [5.41, 5.74) is -0.983. The second-order valence-electron chi connectivity index (χ2n) is 4.57. The zero-order chi connectivity index (χ0) is 14.6. The normalized spacial score (nSPS) is 13.6. The molecule has 0 spiro atoms. The highest BCUT2D eigenvalue weighted by molar-refractivity contribution is 5.89. The first kappa shape index (κ1) is 14.1. The molecule has 20 heavy (non-hydrogen) atoms. The van der Waals surface area contributed by atoms with E-state index in [2.05, 4.69) is 10.6 Å². The van der Waals surface area contributed by atoms with Gasteiger partial charge in [0.15, 0.2) is 0 Å². The lowest BCUT2D eigenvalue weighted by Gasteiger charge is -2.21. The van der Waals surface area contributed by atoms with E-state index in [1.807, 2.05) is 0 Å². The van der Waals surface area contributed by atoms with Crippen LogP contribution in [0, 0.1) is 5.82 Å². The van der Waals surface area contributed by atoms with E-state index < -0.39 is 17.4 Å². The maximum Gasteiger partial charge on any atom is 0.319 e. The van der Waals surface area contributed by atoms with Crippen LogP contribution < -0.4 is 10.6 Å². The number of carbonyl (C=O) groups excluding carboxylic acids is 1. The van der Waals surface area contributed by atoms with E-state index in [-0.39, 0.29) is 6.54 Å². The molecule has 6 heteroatoms. The third-order valence-electron chi connectivity index (χ3n) is 2.73. The van der Waals surface area contributed by atoms with Gasteiger partial charge in [-0.15, -0.1) is 0 Å². The Labute approximate surface area is 115 Å². The van der Waals surface area contributed by atoms with Gasteiger partial charge in [0.25, 0.3) is 0 Å². The van der Waals surface area contributed by atoms with E-state index in [9.17, 15) is 14.3 Å². The molecule has 0 bridgehead atoms. The smallest absolute Gasteiger partial charge is 0.319 e. The van der Waals surface area contributed by atoms with Crippen LogP contribution in [-0.4, -0.2) is 17.7 Å². The van der Waals surface area contributed by atoms with Crippen molar-refractivity contribution in [2.75, 3.05) is 11.9 Å². The fourth-order valence-electron chi connectivity index (χ4n) is 1.67. The highest BCUT2D eigenvalue weighted by atomic mass is 19.1. The average Bonchev–Trinajstić information content (AvgIpc) is 2.91. The molecule has 0 radical (unpaired) electrons.